The van der Waals surface area contributed by atoms with Crippen LogP contribution in [0.5, 0.6) is 11.5 Å². The Kier molecular flexibility index (Phi) is 6.22. The Hall–Kier alpha value is -2.26. The van der Waals surface area contributed by atoms with Crippen LogP contribution in [0.25, 0.3) is 0 Å². The number of thiocarbonyl (C=S) groups is 1. The lowest BCUT2D eigenvalue weighted by Crippen LogP contribution is -2.59. The maximum atomic E-state index is 13.0. The van der Waals surface area contributed by atoms with E-state index in [1.807, 2.05) is 6.07 Å². The molecule has 0 aromatic heterocycles. The van der Waals surface area contributed by atoms with Gasteiger partial charge in [-0.15, -0.1) is 0 Å². The molecule has 0 bridgehead atoms. The fourth-order valence-corrected chi connectivity index (χ4v) is 2.81. The summed E-state index contributed by atoms with van der Waals surface area (Å²) in [6, 6.07) is 14.0. The van der Waals surface area contributed by atoms with Gasteiger partial charge in [0.05, 0.1) is 6.10 Å². The zero-order chi connectivity index (χ0) is 19.4. The second-order valence-electron chi connectivity index (χ2n) is 6.01. The Morgan fingerprint density at radius 3 is 2.33 bits per heavy atom. The second kappa shape index (κ2) is 8.62. The van der Waals surface area contributed by atoms with Gasteiger partial charge in [0.15, 0.2) is 12.2 Å². The van der Waals surface area contributed by atoms with Crippen molar-refractivity contribution in [1.82, 2.24) is 0 Å². The van der Waals surface area contributed by atoms with Crippen molar-refractivity contribution in [3.8, 4) is 11.5 Å². The fourth-order valence-electron chi connectivity index (χ4n) is 2.60. The number of benzene rings is 2. The Balaban J connectivity index is 1.66. The molecule has 0 saturated carbocycles. The number of ether oxygens (including phenoxy) is 4. The lowest BCUT2D eigenvalue weighted by Gasteiger charge is -2.40. The van der Waals surface area contributed by atoms with Gasteiger partial charge in [0.25, 0.3) is 0 Å². The van der Waals surface area contributed by atoms with E-state index >= 15 is 0 Å². The van der Waals surface area contributed by atoms with Crippen LogP contribution in [0.4, 0.5) is 4.39 Å². The highest BCUT2D eigenvalue weighted by Gasteiger charge is 2.46. The van der Waals surface area contributed by atoms with Gasteiger partial charge in [-0.25, -0.2) is 4.39 Å². The van der Waals surface area contributed by atoms with Gasteiger partial charge in [-0.1, -0.05) is 18.2 Å². The van der Waals surface area contributed by atoms with Crippen LogP contribution in [-0.2, 0) is 9.47 Å². The molecule has 1 aliphatic heterocycles. The highest BCUT2D eigenvalue weighted by molar-refractivity contribution is 7.79. The Morgan fingerprint density at radius 2 is 1.67 bits per heavy atom. The summed E-state index contributed by atoms with van der Waals surface area (Å²) in [5, 5.41) is 20.5. The molecule has 27 heavy (non-hydrogen) atoms. The molecule has 2 aromatic carbocycles. The molecular formula is C19H19FO6S. The lowest BCUT2D eigenvalue weighted by atomic mass is 10.00. The Morgan fingerprint density at radius 1 is 1.00 bits per heavy atom. The van der Waals surface area contributed by atoms with E-state index in [1.165, 1.54) is 24.3 Å². The van der Waals surface area contributed by atoms with E-state index in [4.69, 9.17) is 31.2 Å². The molecule has 0 aliphatic carbocycles. The predicted octanol–water partition coefficient (Wildman–Crippen LogP) is 2.42. The van der Waals surface area contributed by atoms with Crippen LogP contribution in [0.1, 0.15) is 6.92 Å². The summed E-state index contributed by atoms with van der Waals surface area (Å²) in [5.41, 5.74) is 0. The number of aliphatic hydroxyl groups is 2. The molecule has 2 N–H and O–H groups in total. The number of aliphatic hydroxyl groups excluding tert-OH is 2. The minimum Gasteiger partial charge on any atom is -0.462 e. The molecule has 1 saturated heterocycles. The zero-order valence-corrected chi connectivity index (χ0v) is 15.2. The quantitative estimate of drug-likeness (QED) is 0.771. The van der Waals surface area contributed by atoms with Crippen LogP contribution in [0.2, 0.25) is 0 Å². The third kappa shape index (κ3) is 4.92. The first kappa shape index (κ1) is 19.5. The molecule has 1 aliphatic rings. The van der Waals surface area contributed by atoms with Crippen LogP contribution in [0, 0.1) is 5.82 Å². The largest absolute Gasteiger partial charge is 0.462 e. The van der Waals surface area contributed by atoms with Gasteiger partial charge in [-0.3, -0.25) is 0 Å². The highest BCUT2D eigenvalue weighted by Crippen LogP contribution is 2.26. The molecule has 2 aromatic rings. The molecule has 144 valence electrons. The van der Waals surface area contributed by atoms with Crippen molar-refractivity contribution in [2.45, 2.75) is 37.6 Å². The number of hydrogen-bond acceptors (Lipinski definition) is 7. The summed E-state index contributed by atoms with van der Waals surface area (Å²) in [6.07, 6.45) is -5.36. The van der Waals surface area contributed by atoms with Crippen molar-refractivity contribution in [3.05, 3.63) is 60.4 Å². The second-order valence-corrected chi connectivity index (χ2v) is 6.34. The number of halogens is 1. The van der Waals surface area contributed by atoms with Gasteiger partial charge in [0.1, 0.15) is 23.4 Å². The van der Waals surface area contributed by atoms with E-state index in [-0.39, 0.29) is 11.0 Å². The molecule has 1 heterocycles. The van der Waals surface area contributed by atoms with Crippen LogP contribution >= 0.6 is 12.2 Å². The monoisotopic (exact) mass is 394 g/mol. The fraction of sp³-hybridized carbons (Fsp3) is 0.316. The first-order valence-corrected chi connectivity index (χ1v) is 8.72. The molecule has 0 spiro atoms. The van der Waals surface area contributed by atoms with Gasteiger partial charge in [-0.05, 0) is 43.3 Å². The van der Waals surface area contributed by atoms with Gasteiger partial charge in [-0.2, -0.15) is 0 Å². The maximum Gasteiger partial charge on any atom is 0.358 e. The molecule has 0 unspecified atom stereocenters. The van der Waals surface area contributed by atoms with Crippen LogP contribution in [-0.4, -0.2) is 46.2 Å². The summed E-state index contributed by atoms with van der Waals surface area (Å²) in [5.74, 6) is 0.343. The molecule has 1 fully saturated rings. The summed E-state index contributed by atoms with van der Waals surface area (Å²) in [4.78, 5) is 0. The van der Waals surface area contributed by atoms with E-state index in [1.54, 1.807) is 31.2 Å². The SMILES string of the molecule is C[C@@H]1O[C@H](Oc2ccccc2)[C@@H](O)[C@H](OC(=S)Oc2ccc(F)cc2)[C@@H]1O. The minimum absolute atomic E-state index is 0.266. The standard InChI is InChI=1S/C19H19FO6S/c1-11-15(21)17(26-19(27)25-14-9-7-12(20)8-10-14)16(22)18(23-11)24-13-5-3-2-4-6-13/h2-11,15-18,21-22H,1H3/t11-,15+,16-,17+,18+/m0/s1. The lowest BCUT2D eigenvalue weighted by molar-refractivity contribution is -0.266. The summed E-state index contributed by atoms with van der Waals surface area (Å²) in [7, 11) is 0. The van der Waals surface area contributed by atoms with E-state index in [9.17, 15) is 14.6 Å². The van der Waals surface area contributed by atoms with Crippen LogP contribution in [0.15, 0.2) is 54.6 Å². The molecule has 0 radical (unpaired) electrons. The zero-order valence-electron chi connectivity index (χ0n) is 14.4. The van der Waals surface area contributed by atoms with E-state index in [0.29, 0.717) is 5.75 Å². The molecule has 5 atom stereocenters. The third-order valence-electron chi connectivity index (χ3n) is 4.02. The van der Waals surface area contributed by atoms with E-state index in [2.05, 4.69) is 0 Å². The smallest absolute Gasteiger partial charge is 0.358 e. The molecular weight excluding hydrogens is 375 g/mol. The van der Waals surface area contributed by atoms with Crippen molar-refractivity contribution < 1.29 is 33.6 Å². The topological polar surface area (TPSA) is 77.4 Å². The highest BCUT2D eigenvalue weighted by atomic mass is 32.1. The van der Waals surface area contributed by atoms with E-state index in [0.717, 1.165) is 0 Å². The number of rotatable bonds is 4. The summed E-state index contributed by atoms with van der Waals surface area (Å²) < 4.78 is 34.9. The number of hydrogen-bond donors (Lipinski definition) is 2. The molecule has 6 nitrogen and oxygen atoms in total. The Bertz CT molecular complexity index is 757. The normalized spacial score (nSPS) is 27.6. The maximum absolute atomic E-state index is 13.0. The molecule has 0 amide bonds. The van der Waals surface area contributed by atoms with Crippen molar-refractivity contribution >= 4 is 17.5 Å². The average Bonchev–Trinajstić information content (AvgIpc) is 2.66. The van der Waals surface area contributed by atoms with Gasteiger partial charge in [0.2, 0.25) is 6.29 Å². The average molecular weight is 394 g/mol. The van der Waals surface area contributed by atoms with E-state index < -0.39 is 36.5 Å². The Labute approximate surface area is 161 Å². The predicted molar refractivity (Wildman–Crippen MR) is 97.9 cm³/mol. The molecule has 8 heteroatoms. The van der Waals surface area contributed by atoms with Crippen molar-refractivity contribution in [1.29, 1.82) is 0 Å². The first-order chi connectivity index (χ1) is 12.9. The molecule has 3 rings (SSSR count). The summed E-state index contributed by atoms with van der Waals surface area (Å²) in [6.45, 7) is 1.62. The summed E-state index contributed by atoms with van der Waals surface area (Å²) >= 11 is 5.02. The van der Waals surface area contributed by atoms with Crippen molar-refractivity contribution in [3.63, 3.8) is 0 Å². The first-order valence-electron chi connectivity index (χ1n) is 8.31. The van der Waals surface area contributed by atoms with Gasteiger partial charge < -0.3 is 29.2 Å². The van der Waals surface area contributed by atoms with Crippen molar-refractivity contribution in [2.75, 3.05) is 0 Å². The van der Waals surface area contributed by atoms with Crippen molar-refractivity contribution in [2.24, 2.45) is 0 Å². The minimum atomic E-state index is -1.33. The number of para-hydroxylation sites is 1. The van der Waals surface area contributed by atoms with Crippen LogP contribution in [0.3, 0.4) is 0 Å². The van der Waals surface area contributed by atoms with Gasteiger partial charge >= 0.3 is 5.24 Å². The van der Waals surface area contributed by atoms with Crippen LogP contribution < -0.4 is 9.47 Å². The van der Waals surface area contributed by atoms with Gasteiger partial charge in [0, 0.05) is 12.2 Å². The third-order valence-corrected chi connectivity index (χ3v) is 4.20.